The topological polar surface area (TPSA) is 68.0 Å². The zero-order chi connectivity index (χ0) is 11.3. The van der Waals surface area contributed by atoms with E-state index in [0.717, 1.165) is 5.56 Å². The van der Waals surface area contributed by atoms with Gasteiger partial charge in [0.05, 0.1) is 0 Å². The Balaban J connectivity index is 2.35. The summed E-state index contributed by atoms with van der Waals surface area (Å²) in [5.74, 6) is -0.0358. The van der Waals surface area contributed by atoms with Crippen molar-refractivity contribution in [1.29, 1.82) is 0 Å². The Morgan fingerprint density at radius 2 is 2.33 bits per heavy atom. The molecule has 0 atom stereocenters. The maximum Gasteiger partial charge on any atom is 0.222 e. The normalized spacial score (nSPS) is 11.1. The molecule has 0 spiro atoms. The quantitative estimate of drug-likeness (QED) is 0.768. The van der Waals surface area contributed by atoms with Crippen molar-refractivity contribution in [2.45, 2.75) is 32.4 Å². The molecule has 4 nitrogen and oxygen atoms in total. The lowest BCUT2D eigenvalue weighted by Crippen LogP contribution is -2.38. The zero-order valence-corrected chi connectivity index (χ0v) is 9.16. The number of nitrogens with two attached hydrogens (primary N) is 1. The fourth-order valence-electron chi connectivity index (χ4n) is 1.18. The van der Waals surface area contributed by atoms with Crippen LogP contribution in [0.4, 0.5) is 0 Å². The van der Waals surface area contributed by atoms with E-state index in [0.29, 0.717) is 13.0 Å². The lowest BCUT2D eigenvalue weighted by atomic mass is 10.0. The second-order valence-corrected chi connectivity index (χ2v) is 4.30. The molecule has 0 bridgehead atoms. The summed E-state index contributed by atoms with van der Waals surface area (Å²) < 4.78 is 0. The summed E-state index contributed by atoms with van der Waals surface area (Å²) in [5.41, 5.74) is 6.26. The van der Waals surface area contributed by atoms with Crippen LogP contribution in [-0.4, -0.2) is 16.4 Å². The summed E-state index contributed by atoms with van der Waals surface area (Å²) >= 11 is 0. The molecule has 0 saturated heterocycles. The van der Waals surface area contributed by atoms with Crippen LogP contribution in [0.2, 0.25) is 0 Å². The molecule has 1 aromatic rings. The predicted molar refractivity (Wildman–Crippen MR) is 59.0 cm³/mol. The van der Waals surface area contributed by atoms with Crippen molar-refractivity contribution in [2.75, 3.05) is 0 Å². The van der Waals surface area contributed by atoms with E-state index in [1.165, 1.54) is 0 Å². The maximum atomic E-state index is 11.4. The van der Waals surface area contributed by atoms with Crippen LogP contribution in [0.15, 0.2) is 24.5 Å². The van der Waals surface area contributed by atoms with Gasteiger partial charge >= 0.3 is 0 Å². The van der Waals surface area contributed by atoms with Crippen LogP contribution in [0.5, 0.6) is 0 Å². The second kappa shape index (κ2) is 4.89. The van der Waals surface area contributed by atoms with Crippen molar-refractivity contribution in [2.24, 2.45) is 5.73 Å². The molecule has 0 aliphatic carbocycles. The number of carbonyl (C=O) groups excluding carboxylic acids is 1. The average Bonchev–Trinajstić information content (AvgIpc) is 2.14. The van der Waals surface area contributed by atoms with E-state index in [1.807, 2.05) is 26.0 Å². The first kappa shape index (κ1) is 11.7. The summed E-state index contributed by atoms with van der Waals surface area (Å²) in [6, 6.07) is 3.76. The molecular formula is C11H17N3O. The number of rotatable bonds is 4. The molecule has 0 saturated carbocycles. The molecule has 3 N–H and O–H groups in total. The predicted octanol–water partition coefficient (Wildman–Crippen LogP) is 0.825. The van der Waals surface area contributed by atoms with Crippen LogP contribution in [0.1, 0.15) is 25.8 Å². The summed E-state index contributed by atoms with van der Waals surface area (Å²) in [5, 5.41) is 2.80. The zero-order valence-electron chi connectivity index (χ0n) is 9.16. The van der Waals surface area contributed by atoms with Gasteiger partial charge in [-0.05, 0) is 25.5 Å². The molecule has 1 amide bonds. The van der Waals surface area contributed by atoms with Crippen molar-refractivity contribution in [3.63, 3.8) is 0 Å². The monoisotopic (exact) mass is 207 g/mol. The number of amides is 1. The molecule has 82 valence electrons. The Bertz CT molecular complexity index is 316. The minimum atomic E-state index is -0.459. The van der Waals surface area contributed by atoms with Gasteiger partial charge in [0.25, 0.3) is 0 Å². The van der Waals surface area contributed by atoms with E-state index in [-0.39, 0.29) is 5.91 Å². The summed E-state index contributed by atoms with van der Waals surface area (Å²) in [4.78, 5) is 15.4. The molecule has 0 aliphatic heterocycles. The third-order valence-corrected chi connectivity index (χ3v) is 1.83. The van der Waals surface area contributed by atoms with Gasteiger partial charge in [0.15, 0.2) is 0 Å². The van der Waals surface area contributed by atoms with Gasteiger partial charge < -0.3 is 11.1 Å². The average molecular weight is 207 g/mol. The minimum absolute atomic E-state index is 0.0358. The van der Waals surface area contributed by atoms with Gasteiger partial charge in [0.2, 0.25) is 5.91 Å². The number of aromatic nitrogens is 1. The number of hydrogen-bond acceptors (Lipinski definition) is 3. The van der Waals surface area contributed by atoms with Crippen LogP contribution < -0.4 is 11.1 Å². The molecule has 0 radical (unpaired) electrons. The molecule has 0 fully saturated rings. The molecule has 0 aliphatic rings. The standard InChI is InChI=1S/C11H17N3O/c1-11(2,12)6-10(15)14-8-9-4-3-5-13-7-9/h3-5,7H,6,8,12H2,1-2H3,(H,14,15). The maximum absolute atomic E-state index is 11.4. The van der Waals surface area contributed by atoms with E-state index >= 15 is 0 Å². The van der Waals surface area contributed by atoms with E-state index < -0.39 is 5.54 Å². The van der Waals surface area contributed by atoms with E-state index in [2.05, 4.69) is 10.3 Å². The van der Waals surface area contributed by atoms with Crippen molar-refractivity contribution in [1.82, 2.24) is 10.3 Å². The molecule has 4 heteroatoms. The van der Waals surface area contributed by atoms with E-state index in [1.54, 1.807) is 12.4 Å². The fourth-order valence-corrected chi connectivity index (χ4v) is 1.18. The number of pyridine rings is 1. The van der Waals surface area contributed by atoms with E-state index in [9.17, 15) is 4.79 Å². The summed E-state index contributed by atoms with van der Waals surface area (Å²) in [7, 11) is 0. The first-order valence-corrected chi connectivity index (χ1v) is 4.92. The van der Waals surface area contributed by atoms with Crippen molar-refractivity contribution in [3.05, 3.63) is 30.1 Å². The van der Waals surface area contributed by atoms with Gasteiger partial charge in [-0.3, -0.25) is 9.78 Å². The smallest absolute Gasteiger partial charge is 0.222 e. The van der Waals surface area contributed by atoms with E-state index in [4.69, 9.17) is 5.73 Å². The Kier molecular flexibility index (Phi) is 3.80. The number of nitrogens with zero attached hydrogens (tertiary/aromatic N) is 1. The summed E-state index contributed by atoms with van der Waals surface area (Å²) in [6.07, 6.45) is 3.76. The van der Waals surface area contributed by atoms with Gasteiger partial charge in [-0.2, -0.15) is 0 Å². The SMILES string of the molecule is CC(C)(N)CC(=O)NCc1cccnc1. The van der Waals surface area contributed by atoms with Crippen molar-refractivity contribution < 1.29 is 4.79 Å². The molecular weight excluding hydrogens is 190 g/mol. The van der Waals surface area contributed by atoms with Gasteiger partial charge in [-0.25, -0.2) is 0 Å². The lowest BCUT2D eigenvalue weighted by Gasteiger charge is -2.17. The van der Waals surface area contributed by atoms with Crippen molar-refractivity contribution in [3.8, 4) is 0 Å². The van der Waals surface area contributed by atoms with Gasteiger partial charge in [0, 0.05) is 30.9 Å². The number of nitrogens with one attached hydrogen (secondary N) is 1. The van der Waals surface area contributed by atoms with Crippen LogP contribution in [0.25, 0.3) is 0 Å². The highest BCUT2D eigenvalue weighted by molar-refractivity contribution is 5.77. The Morgan fingerprint density at radius 1 is 1.60 bits per heavy atom. The van der Waals surface area contributed by atoms with Gasteiger partial charge in [0.1, 0.15) is 0 Å². The lowest BCUT2D eigenvalue weighted by molar-refractivity contribution is -0.122. The van der Waals surface area contributed by atoms with Crippen LogP contribution in [-0.2, 0) is 11.3 Å². The molecule has 1 rings (SSSR count). The number of carbonyl (C=O) groups is 1. The molecule has 1 aromatic heterocycles. The summed E-state index contributed by atoms with van der Waals surface area (Å²) in [6.45, 7) is 4.16. The number of hydrogen-bond donors (Lipinski definition) is 2. The largest absolute Gasteiger partial charge is 0.352 e. The highest BCUT2D eigenvalue weighted by Gasteiger charge is 2.15. The first-order chi connectivity index (χ1) is 6.97. The third-order valence-electron chi connectivity index (χ3n) is 1.83. The first-order valence-electron chi connectivity index (χ1n) is 4.92. The van der Waals surface area contributed by atoms with Crippen molar-refractivity contribution >= 4 is 5.91 Å². The van der Waals surface area contributed by atoms with Crippen LogP contribution in [0.3, 0.4) is 0 Å². The molecule has 15 heavy (non-hydrogen) atoms. The highest BCUT2D eigenvalue weighted by atomic mass is 16.1. The molecule has 1 heterocycles. The second-order valence-electron chi connectivity index (χ2n) is 4.30. The van der Waals surface area contributed by atoms with Gasteiger partial charge in [-0.1, -0.05) is 6.07 Å². The molecule has 0 unspecified atom stereocenters. The van der Waals surface area contributed by atoms with Gasteiger partial charge in [-0.15, -0.1) is 0 Å². The Hall–Kier alpha value is -1.42. The fraction of sp³-hybridized carbons (Fsp3) is 0.455. The Morgan fingerprint density at radius 3 is 2.87 bits per heavy atom. The third kappa shape index (κ3) is 5.12. The van der Waals surface area contributed by atoms with Crippen LogP contribution >= 0.6 is 0 Å². The Labute approximate surface area is 89.9 Å². The van der Waals surface area contributed by atoms with Crippen LogP contribution in [0, 0.1) is 0 Å². The minimum Gasteiger partial charge on any atom is -0.352 e. The molecule has 0 aromatic carbocycles. The highest BCUT2D eigenvalue weighted by Crippen LogP contribution is 2.03.